The summed E-state index contributed by atoms with van der Waals surface area (Å²) in [6.07, 6.45) is 1.69. The van der Waals surface area contributed by atoms with Crippen molar-refractivity contribution in [3.63, 3.8) is 0 Å². The van der Waals surface area contributed by atoms with E-state index in [1.165, 1.54) is 7.11 Å². The molecule has 42 heavy (non-hydrogen) atoms. The third-order valence-corrected chi connectivity index (χ3v) is 9.00. The van der Waals surface area contributed by atoms with E-state index in [1.54, 1.807) is 85.1 Å². The van der Waals surface area contributed by atoms with Crippen molar-refractivity contribution in [2.75, 3.05) is 14.2 Å². The highest BCUT2D eigenvalue weighted by Gasteiger charge is 2.73. The van der Waals surface area contributed by atoms with Crippen LogP contribution in [0.15, 0.2) is 96.1 Å². The average molecular weight is 577 g/mol. The Bertz CT molecular complexity index is 1780. The highest BCUT2D eigenvalue weighted by atomic mass is 35.5. The Morgan fingerprint density at radius 3 is 2.17 bits per heavy atom. The Labute approximate surface area is 247 Å². The molecule has 0 amide bonds. The van der Waals surface area contributed by atoms with Crippen LogP contribution < -0.4 is 9.47 Å². The quantitative estimate of drug-likeness (QED) is 0.209. The number of ether oxygens (including phenoxy) is 2. The van der Waals surface area contributed by atoms with Crippen LogP contribution in [-0.2, 0) is 0 Å². The molecule has 0 bridgehead atoms. The van der Waals surface area contributed by atoms with E-state index in [2.05, 4.69) is 0 Å². The zero-order valence-electron chi connectivity index (χ0n) is 22.8. The van der Waals surface area contributed by atoms with Crippen LogP contribution in [0.25, 0.3) is 0 Å². The fraction of sp³-hybridized carbons (Fsp3) is 0.176. The molecule has 3 atom stereocenters. The van der Waals surface area contributed by atoms with Crippen molar-refractivity contribution in [1.29, 1.82) is 0 Å². The maximum absolute atomic E-state index is 14.9. The summed E-state index contributed by atoms with van der Waals surface area (Å²) in [5.41, 5.74) is 1.45. The van der Waals surface area contributed by atoms with E-state index in [9.17, 15) is 14.4 Å². The number of benzene rings is 4. The number of Topliss-reactive ketones (excluding diaryl/α,β-unsaturated/α-hetero) is 3. The summed E-state index contributed by atoms with van der Waals surface area (Å²) in [6, 6.07) is 24.4. The zero-order chi connectivity index (χ0) is 29.2. The monoisotopic (exact) mass is 576 g/mol. The van der Waals surface area contributed by atoms with E-state index in [1.807, 2.05) is 24.3 Å². The van der Waals surface area contributed by atoms with Crippen molar-refractivity contribution in [3.8, 4) is 11.5 Å². The summed E-state index contributed by atoms with van der Waals surface area (Å²) in [6.45, 7) is 0. The second-order valence-electron chi connectivity index (χ2n) is 10.6. The first-order valence-corrected chi connectivity index (χ1v) is 13.9. The molecule has 2 aliphatic heterocycles. The minimum absolute atomic E-state index is 0.287. The SMILES string of the molecule is COc1ccc([C@H]2[C@H](C(=O)c3ccc(Cl)cc3)N3N=Cc4ccccc4[C@@H]3C23C(=O)c2ccccc2C3=O)c(OC)c1. The third kappa shape index (κ3) is 3.46. The van der Waals surface area contributed by atoms with Crippen LogP contribution in [-0.4, -0.2) is 48.8 Å². The van der Waals surface area contributed by atoms with Crippen molar-refractivity contribution in [1.82, 2.24) is 5.01 Å². The first-order valence-electron chi connectivity index (χ1n) is 13.5. The van der Waals surface area contributed by atoms with Gasteiger partial charge in [0.2, 0.25) is 0 Å². The Kier molecular flexibility index (Phi) is 6.02. The number of carbonyl (C=O) groups excluding carboxylic acids is 3. The number of halogens is 1. The number of hydrazone groups is 1. The smallest absolute Gasteiger partial charge is 0.187 e. The molecule has 1 fully saturated rings. The highest BCUT2D eigenvalue weighted by Crippen LogP contribution is 2.65. The standard InChI is InChI=1S/C34H25ClN2O5/c1-41-22-15-16-26(27(17-22)42-2)28-29(30(38)19-11-13-21(35)14-12-19)37-31(23-8-4-3-7-20(23)18-36-37)34(28)32(39)24-9-5-6-10-25(24)33(34)40/h3-18,28-29,31H,1-2H3/t28-,29+,31+/m0/s1. The number of methoxy groups -OCH3 is 2. The lowest BCUT2D eigenvalue weighted by atomic mass is 9.62. The lowest BCUT2D eigenvalue weighted by Crippen LogP contribution is -2.44. The van der Waals surface area contributed by atoms with Crippen molar-refractivity contribution < 1.29 is 23.9 Å². The molecule has 7 rings (SSSR count). The topological polar surface area (TPSA) is 85.3 Å². The number of nitrogens with zero attached hydrogens (tertiary/aromatic N) is 2. The van der Waals surface area contributed by atoms with Gasteiger partial charge in [-0.25, -0.2) is 0 Å². The van der Waals surface area contributed by atoms with Crippen LogP contribution in [0.4, 0.5) is 0 Å². The minimum atomic E-state index is -1.70. The summed E-state index contributed by atoms with van der Waals surface area (Å²) in [5.74, 6) is -0.969. The van der Waals surface area contributed by atoms with Gasteiger partial charge >= 0.3 is 0 Å². The van der Waals surface area contributed by atoms with Gasteiger partial charge in [-0.2, -0.15) is 5.10 Å². The van der Waals surface area contributed by atoms with Crippen LogP contribution >= 0.6 is 11.6 Å². The minimum Gasteiger partial charge on any atom is -0.497 e. The molecule has 0 N–H and O–H groups in total. The molecule has 1 spiro atoms. The van der Waals surface area contributed by atoms with Gasteiger partial charge in [0.25, 0.3) is 0 Å². The highest BCUT2D eigenvalue weighted by molar-refractivity contribution is 6.32. The predicted molar refractivity (Wildman–Crippen MR) is 158 cm³/mol. The van der Waals surface area contributed by atoms with E-state index >= 15 is 0 Å². The fourth-order valence-electron chi connectivity index (χ4n) is 6.98. The second kappa shape index (κ2) is 9.67. The molecule has 1 saturated heterocycles. The van der Waals surface area contributed by atoms with E-state index < -0.39 is 23.4 Å². The first kappa shape index (κ1) is 26.2. The normalized spacial score (nSPS) is 21.2. The predicted octanol–water partition coefficient (Wildman–Crippen LogP) is 6.16. The molecule has 7 nitrogen and oxygen atoms in total. The molecule has 4 aromatic rings. The average Bonchev–Trinajstić information content (AvgIpc) is 3.46. The zero-order valence-corrected chi connectivity index (χ0v) is 23.5. The Morgan fingerprint density at radius 2 is 1.50 bits per heavy atom. The van der Waals surface area contributed by atoms with Crippen molar-refractivity contribution in [2.24, 2.45) is 10.5 Å². The molecule has 1 aliphatic carbocycles. The summed E-state index contributed by atoms with van der Waals surface area (Å²) in [7, 11) is 3.06. The maximum atomic E-state index is 14.9. The van der Waals surface area contributed by atoms with Crippen LogP contribution in [0.1, 0.15) is 59.7 Å². The third-order valence-electron chi connectivity index (χ3n) is 8.75. The first-order chi connectivity index (χ1) is 20.4. The van der Waals surface area contributed by atoms with Gasteiger partial charge in [0.15, 0.2) is 17.3 Å². The number of rotatable bonds is 5. The lowest BCUT2D eigenvalue weighted by molar-refractivity contribution is 0.0585. The largest absolute Gasteiger partial charge is 0.497 e. The van der Waals surface area contributed by atoms with E-state index in [0.717, 1.165) is 11.1 Å². The van der Waals surface area contributed by atoms with Crippen molar-refractivity contribution >= 4 is 35.2 Å². The van der Waals surface area contributed by atoms with E-state index in [0.29, 0.717) is 38.8 Å². The Balaban J connectivity index is 1.57. The molecule has 0 radical (unpaired) electrons. The van der Waals surface area contributed by atoms with Crippen LogP contribution in [0.2, 0.25) is 5.02 Å². The number of hydrogen-bond donors (Lipinski definition) is 0. The molecular formula is C34H25ClN2O5. The Hall–Kier alpha value is -4.75. The van der Waals surface area contributed by atoms with Gasteiger partial charge in [0, 0.05) is 39.3 Å². The summed E-state index contributed by atoms with van der Waals surface area (Å²) < 4.78 is 11.3. The van der Waals surface area contributed by atoms with Gasteiger partial charge < -0.3 is 9.47 Å². The second-order valence-corrected chi connectivity index (χ2v) is 11.1. The molecule has 8 heteroatoms. The van der Waals surface area contributed by atoms with Gasteiger partial charge in [0.1, 0.15) is 23.0 Å². The van der Waals surface area contributed by atoms with Gasteiger partial charge in [-0.3, -0.25) is 19.4 Å². The molecular weight excluding hydrogens is 552 g/mol. The number of hydrogen-bond acceptors (Lipinski definition) is 7. The van der Waals surface area contributed by atoms with Gasteiger partial charge in [-0.15, -0.1) is 0 Å². The molecule has 0 saturated carbocycles. The van der Waals surface area contributed by atoms with Crippen molar-refractivity contribution in [3.05, 3.63) is 129 Å². The molecule has 0 unspecified atom stereocenters. The Morgan fingerprint density at radius 1 is 0.833 bits per heavy atom. The molecule has 2 heterocycles. The number of ketones is 3. The van der Waals surface area contributed by atoms with Crippen molar-refractivity contribution in [2.45, 2.75) is 18.0 Å². The molecule has 4 aromatic carbocycles. The van der Waals surface area contributed by atoms with Crippen LogP contribution in [0, 0.1) is 5.41 Å². The van der Waals surface area contributed by atoms with E-state index in [4.69, 9.17) is 26.2 Å². The van der Waals surface area contributed by atoms with Crippen LogP contribution in [0.3, 0.4) is 0 Å². The van der Waals surface area contributed by atoms with Gasteiger partial charge in [0.05, 0.1) is 26.5 Å². The number of fused-ring (bicyclic) bond motifs is 5. The lowest BCUT2D eigenvalue weighted by Gasteiger charge is -2.36. The number of carbonyl (C=O) groups is 3. The summed E-state index contributed by atoms with van der Waals surface area (Å²) in [4.78, 5) is 44.3. The molecule has 0 aromatic heterocycles. The molecule has 208 valence electrons. The van der Waals surface area contributed by atoms with Crippen LogP contribution in [0.5, 0.6) is 11.5 Å². The summed E-state index contributed by atoms with van der Waals surface area (Å²) >= 11 is 6.16. The van der Waals surface area contributed by atoms with Gasteiger partial charge in [-0.1, -0.05) is 66.2 Å². The van der Waals surface area contributed by atoms with Gasteiger partial charge in [-0.05, 0) is 41.5 Å². The van der Waals surface area contributed by atoms with E-state index in [-0.39, 0.29) is 17.3 Å². The molecule has 3 aliphatic rings. The summed E-state index contributed by atoms with van der Waals surface area (Å²) in [5, 5.41) is 6.94. The maximum Gasteiger partial charge on any atom is 0.187 e. The fourth-order valence-corrected chi connectivity index (χ4v) is 7.11.